The quantitative estimate of drug-likeness (QED) is 0.902. The summed E-state index contributed by atoms with van der Waals surface area (Å²) >= 11 is 3.62. The monoisotopic (exact) mass is 283 g/mol. The lowest BCUT2D eigenvalue weighted by Crippen LogP contribution is -2.34. The van der Waals surface area contributed by atoms with E-state index in [-0.39, 0.29) is 0 Å². The van der Waals surface area contributed by atoms with Gasteiger partial charge in [0.2, 0.25) is 0 Å². The average Bonchev–Trinajstić information content (AvgIpc) is 2.29. The molecule has 16 heavy (non-hydrogen) atoms. The van der Waals surface area contributed by atoms with Gasteiger partial charge < -0.3 is 10.0 Å². The molecule has 1 heterocycles. The minimum Gasteiger partial charge on any atom is -0.396 e. The van der Waals surface area contributed by atoms with Crippen molar-refractivity contribution in [2.75, 3.05) is 24.6 Å². The van der Waals surface area contributed by atoms with E-state index in [9.17, 15) is 0 Å². The van der Waals surface area contributed by atoms with Gasteiger partial charge in [0.25, 0.3) is 0 Å². The predicted molar refractivity (Wildman–Crippen MR) is 70.9 cm³/mol. The smallest absolute Gasteiger partial charge is 0.0510 e. The van der Waals surface area contributed by atoms with Crippen LogP contribution in [-0.2, 0) is 0 Å². The van der Waals surface area contributed by atoms with Crippen LogP contribution in [0.4, 0.5) is 5.69 Å². The van der Waals surface area contributed by atoms with Crippen molar-refractivity contribution >= 4 is 21.6 Å². The number of aliphatic hydroxyl groups excluding tert-OH is 1. The Balaban J connectivity index is 2.08. The Labute approximate surface area is 105 Å². The van der Waals surface area contributed by atoms with Crippen molar-refractivity contribution < 1.29 is 5.11 Å². The first-order valence-corrected chi connectivity index (χ1v) is 6.62. The summed E-state index contributed by atoms with van der Waals surface area (Å²) in [7, 11) is 0. The highest BCUT2D eigenvalue weighted by molar-refractivity contribution is 9.10. The standard InChI is InChI=1S/C13H18BrNO/c1-10-2-3-13(12(14)8-10)15-6-4-11(9-16)5-7-15/h2-3,8,11,16H,4-7,9H2,1H3. The van der Waals surface area contributed by atoms with Crippen molar-refractivity contribution in [2.45, 2.75) is 19.8 Å². The molecule has 0 aromatic heterocycles. The zero-order chi connectivity index (χ0) is 11.5. The van der Waals surface area contributed by atoms with E-state index >= 15 is 0 Å². The van der Waals surface area contributed by atoms with E-state index in [4.69, 9.17) is 5.11 Å². The van der Waals surface area contributed by atoms with Gasteiger partial charge in [0, 0.05) is 24.2 Å². The van der Waals surface area contributed by atoms with Crippen LogP contribution in [-0.4, -0.2) is 24.8 Å². The van der Waals surface area contributed by atoms with Gasteiger partial charge in [-0.3, -0.25) is 0 Å². The molecule has 1 saturated heterocycles. The maximum absolute atomic E-state index is 9.11. The highest BCUT2D eigenvalue weighted by Crippen LogP contribution is 2.30. The normalized spacial score (nSPS) is 17.8. The topological polar surface area (TPSA) is 23.5 Å². The molecule has 88 valence electrons. The summed E-state index contributed by atoms with van der Waals surface area (Å²) < 4.78 is 1.18. The molecule has 1 aliphatic rings. The molecule has 1 aliphatic heterocycles. The van der Waals surface area contributed by atoms with Crippen LogP contribution in [0.3, 0.4) is 0 Å². The second-order valence-electron chi connectivity index (χ2n) is 4.57. The van der Waals surface area contributed by atoms with Gasteiger partial charge in [-0.25, -0.2) is 0 Å². The number of halogens is 1. The average molecular weight is 284 g/mol. The highest BCUT2D eigenvalue weighted by atomic mass is 79.9. The molecule has 1 N–H and O–H groups in total. The Morgan fingerprint density at radius 2 is 2.06 bits per heavy atom. The molecule has 2 rings (SSSR count). The van der Waals surface area contributed by atoms with E-state index in [1.54, 1.807) is 0 Å². The minimum atomic E-state index is 0.336. The SMILES string of the molecule is Cc1ccc(N2CCC(CO)CC2)c(Br)c1. The maximum atomic E-state index is 9.11. The van der Waals surface area contributed by atoms with Crippen molar-refractivity contribution in [2.24, 2.45) is 5.92 Å². The molecule has 0 bridgehead atoms. The molecule has 0 unspecified atom stereocenters. The Morgan fingerprint density at radius 3 is 2.62 bits per heavy atom. The van der Waals surface area contributed by atoms with Crippen LogP contribution < -0.4 is 4.90 Å². The molecule has 2 nitrogen and oxygen atoms in total. The molecule has 0 aliphatic carbocycles. The van der Waals surface area contributed by atoms with Crippen LogP contribution in [0.5, 0.6) is 0 Å². The van der Waals surface area contributed by atoms with E-state index in [1.807, 2.05) is 0 Å². The fourth-order valence-corrected chi connectivity index (χ4v) is 2.97. The molecule has 0 spiro atoms. The fraction of sp³-hybridized carbons (Fsp3) is 0.538. The van der Waals surface area contributed by atoms with Crippen LogP contribution in [0.2, 0.25) is 0 Å². The summed E-state index contributed by atoms with van der Waals surface area (Å²) in [4.78, 5) is 2.40. The third kappa shape index (κ3) is 2.58. The number of benzene rings is 1. The summed E-state index contributed by atoms with van der Waals surface area (Å²) in [6.07, 6.45) is 2.19. The van der Waals surface area contributed by atoms with Crippen molar-refractivity contribution in [3.05, 3.63) is 28.2 Å². The number of rotatable bonds is 2. The number of hydrogen-bond acceptors (Lipinski definition) is 2. The summed E-state index contributed by atoms with van der Waals surface area (Å²) in [6.45, 7) is 4.54. The van der Waals surface area contributed by atoms with Gasteiger partial charge in [-0.05, 0) is 59.3 Å². The summed E-state index contributed by atoms with van der Waals surface area (Å²) in [5.74, 6) is 0.500. The number of aryl methyl sites for hydroxylation is 1. The predicted octanol–water partition coefficient (Wildman–Crippen LogP) is 2.97. The number of hydrogen-bond donors (Lipinski definition) is 1. The summed E-state index contributed by atoms with van der Waals surface area (Å²) in [5.41, 5.74) is 2.56. The van der Waals surface area contributed by atoms with Gasteiger partial charge in [-0.15, -0.1) is 0 Å². The van der Waals surface area contributed by atoms with Gasteiger partial charge in [0.1, 0.15) is 0 Å². The number of aliphatic hydroxyl groups is 1. The summed E-state index contributed by atoms with van der Waals surface area (Å²) in [5, 5.41) is 9.11. The summed E-state index contributed by atoms with van der Waals surface area (Å²) in [6, 6.07) is 6.49. The Morgan fingerprint density at radius 1 is 1.38 bits per heavy atom. The van der Waals surface area contributed by atoms with Crippen LogP contribution >= 0.6 is 15.9 Å². The Bertz CT molecular complexity index is 359. The van der Waals surface area contributed by atoms with E-state index in [1.165, 1.54) is 15.7 Å². The lowest BCUT2D eigenvalue weighted by Gasteiger charge is -2.33. The van der Waals surface area contributed by atoms with E-state index in [0.717, 1.165) is 25.9 Å². The molecule has 0 radical (unpaired) electrons. The molecular formula is C13H18BrNO. The fourth-order valence-electron chi connectivity index (χ4n) is 2.22. The minimum absolute atomic E-state index is 0.336. The lowest BCUT2D eigenvalue weighted by molar-refractivity contribution is 0.203. The van der Waals surface area contributed by atoms with Crippen molar-refractivity contribution in [3.8, 4) is 0 Å². The first-order valence-electron chi connectivity index (χ1n) is 5.82. The van der Waals surface area contributed by atoms with E-state index in [2.05, 4.69) is 46.0 Å². The van der Waals surface area contributed by atoms with Crippen LogP contribution in [0.25, 0.3) is 0 Å². The maximum Gasteiger partial charge on any atom is 0.0510 e. The van der Waals surface area contributed by atoms with Crippen molar-refractivity contribution in [1.29, 1.82) is 0 Å². The second kappa shape index (κ2) is 5.19. The third-order valence-corrected chi connectivity index (χ3v) is 3.95. The molecule has 1 aromatic carbocycles. The molecule has 1 fully saturated rings. The van der Waals surface area contributed by atoms with E-state index in [0.29, 0.717) is 12.5 Å². The first kappa shape index (κ1) is 11.9. The van der Waals surface area contributed by atoms with Gasteiger partial charge in [0.05, 0.1) is 5.69 Å². The van der Waals surface area contributed by atoms with Crippen LogP contribution in [0.1, 0.15) is 18.4 Å². The Hall–Kier alpha value is -0.540. The van der Waals surface area contributed by atoms with Gasteiger partial charge >= 0.3 is 0 Å². The molecule has 0 atom stereocenters. The molecule has 1 aromatic rings. The number of anilines is 1. The molecule has 3 heteroatoms. The van der Waals surface area contributed by atoms with E-state index < -0.39 is 0 Å². The Kier molecular flexibility index (Phi) is 3.87. The first-order chi connectivity index (χ1) is 7.70. The van der Waals surface area contributed by atoms with Crippen LogP contribution in [0, 0.1) is 12.8 Å². The van der Waals surface area contributed by atoms with Gasteiger partial charge in [-0.1, -0.05) is 6.07 Å². The molecule has 0 amide bonds. The van der Waals surface area contributed by atoms with Crippen LogP contribution in [0.15, 0.2) is 22.7 Å². The van der Waals surface area contributed by atoms with Crippen molar-refractivity contribution in [3.63, 3.8) is 0 Å². The number of nitrogens with zero attached hydrogens (tertiary/aromatic N) is 1. The highest BCUT2D eigenvalue weighted by Gasteiger charge is 2.19. The number of piperidine rings is 1. The van der Waals surface area contributed by atoms with Crippen molar-refractivity contribution in [1.82, 2.24) is 0 Å². The van der Waals surface area contributed by atoms with Gasteiger partial charge in [-0.2, -0.15) is 0 Å². The van der Waals surface area contributed by atoms with Gasteiger partial charge in [0.15, 0.2) is 0 Å². The molecule has 0 saturated carbocycles. The lowest BCUT2D eigenvalue weighted by atomic mass is 9.97. The zero-order valence-corrected chi connectivity index (χ0v) is 11.2. The third-order valence-electron chi connectivity index (χ3n) is 3.32. The largest absolute Gasteiger partial charge is 0.396 e. The zero-order valence-electron chi connectivity index (χ0n) is 9.62. The molecular weight excluding hydrogens is 266 g/mol. The second-order valence-corrected chi connectivity index (χ2v) is 5.42.